The molecule has 0 saturated carbocycles. The summed E-state index contributed by atoms with van der Waals surface area (Å²) in [4.78, 5) is 22.7. The van der Waals surface area contributed by atoms with E-state index in [0.717, 1.165) is 69.8 Å². The lowest BCUT2D eigenvalue weighted by Gasteiger charge is -2.20. The summed E-state index contributed by atoms with van der Waals surface area (Å²) in [6.07, 6.45) is 7.57. The molecule has 1 aliphatic rings. The van der Waals surface area contributed by atoms with Crippen LogP contribution in [0.1, 0.15) is 44.6 Å². The van der Waals surface area contributed by atoms with E-state index in [0.29, 0.717) is 24.0 Å². The van der Waals surface area contributed by atoms with Gasteiger partial charge in [-0.2, -0.15) is 0 Å². The molecule has 0 aromatic carbocycles. The maximum Gasteiger partial charge on any atom is 0.222 e. The Balaban J connectivity index is 1.71. The average molecular weight is 380 g/mol. The molecule has 7 heteroatoms. The van der Waals surface area contributed by atoms with Gasteiger partial charge in [-0.3, -0.25) is 9.79 Å². The first-order valence-electron chi connectivity index (χ1n) is 9.59. The predicted molar refractivity (Wildman–Crippen MR) is 107 cm³/mol. The minimum Gasteiger partial charge on any atom is -0.357 e. The maximum absolute atomic E-state index is 12.0. The van der Waals surface area contributed by atoms with Crippen molar-refractivity contribution in [3.05, 3.63) is 29.0 Å². The second-order valence-corrected chi connectivity index (χ2v) is 6.86. The van der Waals surface area contributed by atoms with Crippen molar-refractivity contribution in [1.29, 1.82) is 0 Å². The molecule has 6 nitrogen and oxygen atoms in total. The topological polar surface area (TPSA) is 69.6 Å². The molecule has 1 saturated heterocycles. The minimum absolute atomic E-state index is 0.299. The summed E-state index contributed by atoms with van der Waals surface area (Å²) >= 11 is 5.80. The number of hydrogen-bond acceptors (Lipinski definition) is 3. The molecule has 0 spiro atoms. The van der Waals surface area contributed by atoms with Crippen LogP contribution in [0.5, 0.6) is 0 Å². The van der Waals surface area contributed by atoms with Crippen molar-refractivity contribution in [3.63, 3.8) is 0 Å². The molecule has 2 N–H and O–H groups in total. The number of nitrogens with zero attached hydrogens (tertiary/aromatic N) is 3. The number of rotatable bonds is 8. The zero-order valence-electron chi connectivity index (χ0n) is 15.6. The number of pyridine rings is 1. The Labute approximate surface area is 161 Å². The molecule has 2 heterocycles. The largest absolute Gasteiger partial charge is 0.357 e. The van der Waals surface area contributed by atoms with E-state index in [-0.39, 0.29) is 0 Å². The van der Waals surface area contributed by atoms with Crippen molar-refractivity contribution < 1.29 is 4.79 Å². The first-order valence-corrected chi connectivity index (χ1v) is 9.97. The molecule has 26 heavy (non-hydrogen) atoms. The first-order chi connectivity index (χ1) is 12.7. The smallest absolute Gasteiger partial charge is 0.222 e. The van der Waals surface area contributed by atoms with Crippen LogP contribution in [-0.4, -0.2) is 54.5 Å². The molecular formula is C19H30ClN5O. The van der Waals surface area contributed by atoms with E-state index in [1.807, 2.05) is 11.0 Å². The number of amides is 1. The molecular weight excluding hydrogens is 350 g/mol. The fraction of sp³-hybridized carbons (Fsp3) is 0.632. The molecule has 1 aliphatic heterocycles. The molecule has 0 aliphatic carbocycles. The number of halogens is 1. The molecule has 0 bridgehead atoms. The Morgan fingerprint density at radius 2 is 2.19 bits per heavy atom. The van der Waals surface area contributed by atoms with Crippen molar-refractivity contribution in [3.8, 4) is 0 Å². The standard InChI is InChI=1S/C19H30ClN5O/c1-2-21-19(23-12-10-16-8-9-17(20)24-15-16)22-11-6-14-25-13-5-3-4-7-18(25)26/h8-9,15H,2-7,10-14H2,1H3,(H2,21,22,23). The van der Waals surface area contributed by atoms with Crippen LogP contribution in [0.3, 0.4) is 0 Å². The van der Waals surface area contributed by atoms with Gasteiger partial charge >= 0.3 is 0 Å². The highest BCUT2D eigenvalue weighted by Crippen LogP contribution is 2.11. The number of aromatic nitrogens is 1. The van der Waals surface area contributed by atoms with Crippen molar-refractivity contribution in [1.82, 2.24) is 20.5 Å². The number of hydrogen-bond donors (Lipinski definition) is 2. The fourth-order valence-electron chi connectivity index (χ4n) is 2.95. The molecule has 144 valence electrons. The summed E-state index contributed by atoms with van der Waals surface area (Å²) in [6.45, 7) is 6.06. The second-order valence-electron chi connectivity index (χ2n) is 6.47. The molecule has 0 atom stereocenters. The quantitative estimate of drug-likeness (QED) is 0.315. The Bertz CT molecular complexity index is 576. The van der Waals surface area contributed by atoms with Crippen LogP contribution < -0.4 is 10.6 Å². The molecule has 1 aromatic rings. The Morgan fingerprint density at radius 3 is 2.96 bits per heavy atom. The summed E-state index contributed by atoms with van der Waals surface area (Å²) in [7, 11) is 0. The van der Waals surface area contributed by atoms with E-state index in [9.17, 15) is 4.79 Å². The van der Waals surface area contributed by atoms with Gasteiger partial charge in [0.05, 0.1) is 0 Å². The predicted octanol–water partition coefficient (Wildman–Crippen LogP) is 2.63. The van der Waals surface area contributed by atoms with Crippen LogP contribution in [0.2, 0.25) is 5.15 Å². The molecule has 0 radical (unpaired) electrons. The van der Waals surface area contributed by atoms with E-state index in [2.05, 4.69) is 27.5 Å². The summed E-state index contributed by atoms with van der Waals surface area (Å²) in [5, 5.41) is 7.11. The third-order valence-corrected chi connectivity index (χ3v) is 4.59. The van der Waals surface area contributed by atoms with Gasteiger partial charge in [-0.15, -0.1) is 0 Å². The highest BCUT2D eigenvalue weighted by Gasteiger charge is 2.15. The van der Waals surface area contributed by atoms with Crippen molar-refractivity contribution in [2.75, 3.05) is 32.7 Å². The first kappa shape index (κ1) is 20.5. The summed E-state index contributed by atoms with van der Waals surface area (Å²) < 4.78 is 0. The third-order valence-electron chi connectivity index (χ3n) is 4.37. The fourth-order valence-corrected chi connectivity index (χ4v) is 3.06. The van der Waals surface area contributed by atoms with E-state index >= 15 is 0 Å². The van der Waals surface area contributed by atoms with E-state index in [1.54, 1.807) is 12.3 Å². The highest BCUT2D eigenvalue weighted by atomic mass is 35.5. The lowest BCUT2D eigenvalue weighted by Crippen LogP contribution is -2.38. The minimum atomic E-state index is 0.299. The number of carbonyl (C=O) groups is 1. The van der Waals surface area contributed by atoms with Gasteiger partial charge in [0.15, 0.2) is 5.96 Å². The summed E-state index contributed by atoms with van der Waals surface area (Å²) in [5.74, 6) is 1.12. The van der Waals surface area contributed by atoms with E-state index in [4.69, 9.17) is 11.6 Å². The molecule has 1 amide bonds. The average Bonchev–Trinajstić information content (AvgIpc) is 2.84. The van der Waals surface area contributed by atoms with Crippen LogP contribution in [0, 0.1) is 0 Å². The van der Waals surface area contributed by atoms with Gasteiger partial charge in [-0.25, -0.2) is 4.98 Å². The van der Waals surface area contributed by atoms with Gasteiger partial charge in [0.25, 0.3) is 0 Å². The van der Waals surface area contributed by atoms with E-state index < -0.39 is 0 Å². The lowest BCUT2D eigenvalue weighted by molar-refractivity contribution is -0.130. The Morgan fingerprint density at radius 1 is 1.31 bits per heavy atom. The molecule has 0 unspecified atom stereocenters. The maximum atomic E-state index is 12.0. The number of likely N-dealkylation sites (tertiary alicyclic amines) is 1. The van der Waals surface area contributed by atoms with Crippen LogP contribution in [-0.2, 0) is 11.2 Å². The van der Waals surface area contributed by atoms with Gasteiger partial charge in [0, 0.05) is 45.3 Å². The van der Waals surface area contributed by atoms with Crippen LogP contribution in [0.15, 0.2) is 23.3 Å². The van der Waals surface area contributed by atoms with Gasteiger partial charge in [-0.05, 0) is 44.2 Å². The van der Waals surface area contributed by atoms with Gasteiger partial charge in [0.2, 0.25) is 5.91 Å². The molecule has 1 aromatic heterocycles. The van der Waals surface area contributed by atoms with E-state index in [1.165, 1.54) is 0 Å². The number of nitrogens with one attached hydrogen (secondary N) is 2. The number of carbonyl (C=O) groups excluding carboxylic acids is 1. The third kappa shape index (κ3) is 7.60. The SMILES string of the molecule is CCNC(=NCCCN1CCCCCC1=O)NCCc1ccc(Cl)nc1. The lowest BCUT2D eigenvalue weighted by atomic mass is 10.2. The van der Waals surface area contributed by atoms with Crippen LogP contribution in [0.25, 0.3) is 0 Å². The summed E-state index contributed by atoms with van der Waals surface area (Å²) in [5.41, 5.74) is 1.14. The monoisotopic (exact) mass is 379 g/mol. The molecule has 2 rings (SSSR count). The number of guanidine groups is 1. The van der Waals surface area contributed by atoms with Crippen LogP contribution in [0.4, 0.5) is 0 Å². The zero-order chi connectivity index (χ0) is 18.6. The van der Waals surface area contributed by atoms with Gasteiger partial charge in [0.1, 0.15) is 5.15 Å². The normalized spacial score (nSPS) is 15.7. The second kappa shape index (κ2) is 11.7. The zero-order valence-corrected chi connectivity index (χ0v) is 16.4. The van der Waals surface area contributed by atoms with Crippen molar-refractivity contribution in [2.45, 2.75) is 45.4 Å². The molecule has 1 fully saturated rings. The van der Waals surface area contributed by atoms with Gasteiger partial charge < -0.3 is 15.5 Å². The van der Waals surface area contributed by atoms with Crippen LogP contribution >= 0.6 is 11.6 Å². The highest BCUT2D eigenvalue weighted by molar-refractivity contribution is 6.29. The van der Waals surface area contributed by atoms with Crippen molar-refractivity contribution >= 4 is 23.5 Å². The van der Waals surface area contributed by atoms with Crippen molar-refractivity contribution in [2.24, 2.45) is 4.99 Å². The summed E-state index contributed by atoms with van der Waals surface area (Å²) in [6, 6.07) is 3.79. The van der Waals surface area contributed by atoms with Gasteiger partial charge in [-0.1, -0.05) is 24.1 Å². The Kier molecular flexibility index (Phi) is 9.24. The number of aliphatic imine (C=N–C) groups is 1. The Hall–Kier alpha value is -1.82.